The SMILES string of the molecule is CC(O)N(C(C)O)S(=O)(=O)O. The molecule has 3 N–H and O–H groups in total. The second-order valence-corrected chi connectivity index (χ2v) is 3.39. The van der Waals surface area contributed by atoms with Gasteiger partial charge in [0, 0.05) is 0 Å². The molecule has 0 fully saturated rings. The van der Waals surface area contributed by atoms with Crippen molar-refractivity contribution in [2.75, 3.05) is 0 Å². The van der Waals surface area contributed by atoms with Crippen LogP contribution >= 0.6 is 0 Å². The standard InChI is InChI=1S/C4H11NO5S/c1-3(6)5(4(2)7)11(8,9)10/h3-4,6-7H,1-2H3,(H,8,9,10). The van der Waals surface area contributed by atoms with Gasteiger partial charge in [-0.1, -0.05) is 0 Å². The summed E-state index contributed by atoms with van der Waals surface area (Å²) in [6.45, 7) is 2.22. The van der Waals surface area contributed by atoms with Gasteiger partial charge in [0.2, 0.25) is 0 Å². The van der Waals surface area contributed by atoms with Gasteiger partial charge in [0.05, 0.1) is 0 Å². The van der Waals surface area contributed by atoms with E-state index in [1.807, 2.05) is 0 Å². The summed E-state index contributed by atoms with van der Waals surface area (Å²) in [5.41, 5.74) is 0. The van der Waals surface area contributed by atoms with Crippen LogP contribution in [0.3, 0.4) is 0 Å². The fourth-order valence-corrected chi connectivity index (χ4v) is 1.47. The molecule has 7 heteroatoms. The van der Waals surface area contributed by atoms with Crippen LogP contribution in [0.1, 0.15) is 13.8 Å². The minimum absolute atomic E-state index is 0.160. The molecule has 0 aromatic rings. The normalized spacial score (nSPS) is 18.4. The fourth-order valence-electron chi connectivity index (χ4n) is 0.698. The molecule has 0 rings (SSSR count). The maximum absolute atomic E-state index is 10.4. The quantitative estimate of drug-likeness (QED) is 0.377. The first-order valence-corrected chi connectivity index (χ1v) is 4.28. The summed E-state index contributed by atoms with van der Waals surface area (Å²) in [4.78, 5) is 0. The van der Waals surface area contributed by atoms with E-state index < -0.39 is 22.8 Å². The first-order chi connectivity index (χ1) is 4.76. The third kappa shape index (κ3) is 3.12. The smallest absolute Gasteiger partial charge is 0.340 e. The van der Waals surface area contributed by atoms with Crippen LogP contribution in [0.25, 0.3) is 0 Å². The van der Waals surface area contributed by atoms with E-state index in [0.29, 0.717) is 0 Å². The lowest BCUT2D eigenvalue weighted by Crippen LogP contribution is -2.44. The highest BCUT2D eigenvalue weighted by Gasteiger charge is 2.27. The van der Waals surface area contributed by atoms with Crippen LogP contribution in [0.15, 0.2) is 0 Å². The van der Waals surface area contributed by atoms with E-state index in [4.69, 9.17) is 14.8 Å². The van der Waals surface area contributed by atoms with Gasteiger partial charge in [0.1, 0.15) is 12.5 Å². The van der Waals surface area contributed by atoms with Crippen LogP contribution < -0.4 is 0 Å². The summed E-state index contributed by atoms with van der Waals surface area (Å²) in [6.07, 6.45) is -2.91. The summed E-state index contributed by atoms with van der Waals surface area (Å²) in [6, 6.07) is 0. The Bertz CT molecular complexity index is 201. The lowest BCUT2D eigenvalue weighted by molar-refractivity contribution is -0.0292. The molecular weight excluding hydrogens is 174 g/mol. The maximum atomic E-state index is 10.4. The van der Waals surface area contributed by atoms with E-state index in [0.717, 1.165) is 13.8 Å². The summed E-state index contributed by atoms with van der Waals surface area (Å²) in [5, 5.41) is 17.5. The van der Waals surface area contributed by atoms with Gasteiger partial charge in [-0.05, 0) is 13.8 Å². The van der Waals surface area contributed by atoms with Gasteiger partial charge in [-0.3, -0.25) is 4.55 Å². The van der Waals surface area contributed by atoms with Gasteiger partial charge in [-0.25, -0.2) is 0 Å². The molecule has 0 radical (unpaired) electrons. The summed E-state index contributed by atoms with van der Waals surface area (Å²) >= 11 is 0. The molecule has 0 aliphatic rings. The molecule has 2 unspecified atom stereocenters. The Labute approximate surface area is 64.9 Å². The van der Waals surface area contributed by atoms with Crippen molar-refractivity contribution in [1.82, 2.24) is 4.31 Å². The minimum atomic E-state index is -4.53. The summed E-state index contributed by atoms with van der Waals surface area (Å²) in [7, 11) is -4.53. The predicted molar refractivity (Wildman–Crippen MR) is 36.7 cm³/mol. The first-order valence-electron chi connectivity index (χ1n) is 2.89. The molecule has 0 aliphatic heterocycles. The van der Waals surface area contributed by atoms with E-state index in [-0.39, 0.29) is 4.31 Å². The van der Waals surface area contributed by atoms with Gasteiger partial charge in [0.15, 0.2) is 0 Å². The Morgan fingerprint density at radius 2 is 1.45 bits per heavy atom. The summed E-state index contributed by atoms with van der Waals surface area (Å²) in [5.74, 6) is 0. The molecule has 0 aromatic heterocycles. The molecule has 0 saturated carbocycles. The van der Waals surface area contributed by atoms with Gasteiger partial charge < -0.3 is 10.2 Å². The topological polar surface area (TPSA) is 98.1 Å². The molecule has 11 heavy (non-hydrogen) atoms. The molecule has 6 nitrogen and oxygen atoms in total. The van der Waals surface area contributed by atoms with Gasteiger partial charge in [-0.15, -0.1) is 4.31 Å². The van der Waals surface area contributed by atoms with Crippen molar-refractivity contribution in [3.8, 4) is 0 Å². The molecule has 0 spiro atoms. The van der Waals surface area contributed by atoms with E-state index in [1.54, 1.807) is 0 Å². The molecule has 0 bridgehead atoms. The minimum Gasteiger partial charge on any atom is -0.377 e. The van der Waals surface area contributed by atoms with E-state index in [9.17, 15) is 8.42 Å². The average Bonchev–Trinajstić information content (AvgIpc) is 1.54. The molecule has 2 atom stereocenters. The van der Waals surface area contributed by atoms with Crippen molar-refractivity contribution >= 4 is 10.3 Å². The van der Waals surface area contributed by atoms with Gasteiger partial charge in [-0.2, -0.15) is 8.42 Å². The van der Waals surface area contributed by atoms with Crippen LogP contribution in [-0.4, -0.2) is 39.9 Å². The van der Waals surface area contributed by atoms with Gasteiger partial charge >= 0.3 is 10.3 Å². The Morgan fingerprint density at radius 3 is 1.45 bits per heavy atom. The maximum Gasteiger partial charge on any atom is 0.340 e. The average molecular weight is 185 g/mol. The lowest BCUT2D eigenvalue weighted by atomic mass is 10.6. The molecule has 0 aliphatic carbocycles. The van der Waals surface area contributed by atoms with Crippen LogP contribution in [-0.2, 0) is 10.3 Å². The van der Waals surface area contributed by atoms with Crippen molar-refractivity contribution in [2.45, 2.75) is 26.3 Å². The molecular formula is C4H11NO5S. The number of hydrogen-bond donors (Lipinski definition) is 3. The molecule has 68 valence electrons. The molecule has 0 amide bonds. The Morgan fingerprint density at radius 1 is 1.18 bits per heavy atom. The highest BCUT2D eigenvalue weighted by atomic mass is 32.2. The zero-order valence-electron chi connectivity index (χ0n) is 6.17. The zero-order valence-corrected chi connectivity index (χ0v) is 6.98. The van der Waals surface area contributed by atoms with E-state index in [2.05, 4.69) is 0 Å². The Balaban J connectivity index is 4.64. The van der Waals surface area contributed by atoms with Crippen LogP contribution in [0.4, 0.5) is 0 Å². The molecule has 0 aromatic carbocycles. The predicted octanol–water partition coefficient (Wildman–Crippen LogP) is -1.23. The largest absolute Gasteiger partial charge is 0.377 e. The van der Waals surface area contributed by atoms with Crippen LogP contribution in [0.5, 0.6) is 0 Å². The van der Waals surface area contributed by atoms with Crippen molar-refractivity contribution < 1.29 is 23.2 Å². The van der Waals surface area contributed by atoms with Crippen LogP contribution in [0.2, 0.25) is 0 Å². The second-order valence-electron chi connectivity index (χ2n) is 2.07. The summed E-state index contributed by atoms with van der Waals surface area (Å²) < 4.78 is 29.3. The van der Waals surface area contributed by atoms with Crippen molar-refractivity contribution in [1.29, 1.82) is 0 Å². The van der Waals surface area contributed by atoms with E-state index in [1.165, 1.54) is 0 Å². The highest BCUT2D eigenvalue weighted by molar-refractivity contribution is 7.83. The Kier molecular flexibility index (Phi) is 3.39. The number of nitrogens with zero attached hydrogens (tertiary/aromatic N) is 1. The second kappa shape index (κ2) is 3.46. The third-order valence-corrected chi connectivity index (χ3v) is 2.15. The molecule has 0 saturated heterocycles. The number of aliphatic hydroxyl groups is 2. The van der Waals surface area contributed by atoms with Gasteiger partial charge in [0.25, 0.3) is 0 Å². The van der Waals surface area contributed by atoms with Crippen molar-refractivity contribution in [3.05, 3.63) is 0 Å². The molecule has 0 heterocycles. The van der Waals surface area contributed by atoms with Crippen molar-refractivity contribution in [3.63, 3.8) is 0 Å². The number of rotatable bonds is 3. The number of hydrogen-bond acceptors (Lipinski definition) is 4. The third-order valence-electron chi connectivity index (χ3n) is 1.00. The number of aliphatic hydroxyl groups excluding tert-OH is 2. The van der Waals surface area contributed by atoms with Crippen LogP contribution in [0, 0.1) is 0 Å². The van der Waals surface area contributed by atoms with Crippen molar-refractivity contribution in [2.24, 2.45) is 0 Å². The zero-order chi connectivity index (χ0) is 9.23. The Hall–Kier alpha value is -0.210. The highest BCUT2D eigenvalue weighted by Crippen LogP contribution is 2.05. The fraction of sp³-hybridized carbons (Fsp3) is 1.00. The lowest BCUT2D eigenvalue weighted by Gasteiger charge is -2.23. The van der Waals surface area contributed by atoms with E-state index >= 15 is 0 Å². The monoisotopic (exact) mass is 185 g/mol. The first kappa shape index (κ1) is 10.8.